The van der Waals surface area contributed by atoms with Crippen LogP contribution in [0.2, 0.25) is 5.02 Å². The number of aryl methyl sites for hydroxylation is 1. The molecule has 1 heterocycles. The third-order valence-corrected chi connectivity index (χ3v) is 6.34. The summed E-state index contributed by atoms with van der Waals surface area (Å²) in [6, 6.07) is 13.8. The largest absolute Gasteiger partial charge is 0.494 e. The van der Waals surface area contributed by atoms with Crippen LogP contribution in [-0.4, -0.2) is 17.6 Å². The second-order valence-electron chi connectivity index (χ2n) is 8.35. The van der Waals surface area contributed by atoms with Crippen LogP contribution in [0.1, 0.15) is 55.8 Å². The Morgan fingerprint density at radius 2 is 2.00 bits per heavy atom. The molecule has 31 heavy (non-hydrogen) atoms. The van der Waals surface area contributed by atoms with Gasteiger partial charge >= 0.3 is 5.97 Å². The van der Waals surface area contributed by atoms with Crippen molar-refractivity contribution in [1.29, 1.82) is 0 Å². The van der Waals surface area contributed by atoms with Gasteiger partial charge in [-0.2, -0.15) is 0 Å². The quantitative estimate of drug-likeness (QED) is 0.300. The highest BCUT2D eigenvalue weighted by Crippen LogP contribution is 2.37. The highest BCUT2D eigenvalue weighted by Gasteiger charge is 2.29. The molecule has 0 spiro atoms. The van der Waals surface area contributed by atoms with Crippen molar-refractivity contribution in [3.63, 3.8) is 0 Å². The van der Waals surface area contributed by atoms with Crippen LogP contribution in [-0.2, 0) is 29.0 Å². The summed E-state index contributed by atoms with van der Waals surface area (Å²) >= 11 is 6.56. The van der Waals surface area contributed by atoms with Crippen LogP contribution in [0.5, 0.6) is 5.75 Å². The van der Waals surface area contributed by atoms with Crippen LogP contribution < -0.4 is 4.74 Å². The Balaban J connectivity index is 1.45. The summed E-state index contributed by atoms with van der Waals surface area (Å²) < 4.78 is 11.6. The molecule has 0 aliphatic heterocycles. The molecule has 0 saturated heterocycles. The minimum atomic E-state index is -0.132. The van der Waals surface area contributed by atoms with Crippen molar-refractivity contribution in [2.45, 2.75) is 58.5 Å². The van der Waals surface area contributed by atoms with E-state index in [2.05, 4.69) is 18.0 Å². The smallest absolute Gasteiger partial charge is 0.309 e. The molecule has 0 radical (unpaired) electrons. The molecule has 4 rings (SSSR count). The molecule has 1 aliphatic carbocycles. The molecule has 0 amide bonds. The number of rotatable bonds is 9. The number of H-pyrrole nitrogens is 1. The minimum Gasteiger partial charge on any atom is -0.494 e. The molecule has 4 nitrogen and oxygen atoms in total. The molecule has 1 N–H and O–H groups in total. The first-order valence-electron chi connectivity index (χ1n) is 11.3. The van der Waals surface area contributed by atoms with E-state index >= 15 is 0 Å². The molecular formula is C26H30ClNO3. The molecule has 2 aromatic carbocycles. The summed E-state index contributed by atoms with van der Waals surface area (Å²) in [6.45, 7) is 3.22. The van der Waals surface area contributed by atoms with E-state index in [1.54, 1.807) is 0 Å². The number of aromatic amines is 1. The van der Waals surface area contributed by atoms with Gasteiger partial charge in [0.15, 0.2) is 0 Å². The predicted molar refractivity (Wildman–Crippen MR) is 125 cm³/mol. The lowest BCUT2D eigenvalue weighted by Gasteiger charge is -2.21. The van der Waals surface area contributed by atoms with Crippen LogP contribution in [0, 0.1) is 5.92 Å². The van der Waals surface area contributed by atoms with Crippen molar-refractivity contribution < 1.29 is 14.3 Å². The highest BCUT2D eigenvalue weighted by molar-refractivity contribution is 6.35. The highest BCUT2D eigenvalue weighted by atomic mass is 35.5. The number of hydrogen-bond donors (Lipinski definition) is 1. The van der Waals surface area contributed by atoms with Gasteiger partial charge in [0.1, 0.15) is 12.4 Å². The molecule has 1 aliphatic rings. The van der Waals surface area contributed by atoms with E-state index in [9.17, 15) is 4.79 Å². The topological polar surface area (TPSA) is 51.3 Å². The lowest BCUT2D eigenvalue weighted by molar-refractivity contribution is -0.150. The van der Waals surface area contributed by atoms with Crippen molar-refractivity contribution in [1.82, 2.24) is 4.98 Å². The van der Waals surface area contributed by atoms with Crippen molar-refractivity contribution in [2.24, 2.45) is 5.92 Å². The zero-order chi connectivity index (χ0) is 21.6. The first-order chi connectivity index (χ1) is 15.2. The van der Waals surface area contributed by atoms with Crippen LogP contribution in [0.15, 0.2) is 42.5 Å². The van der Waals surface area contributed by atoms with Gasteiger partial charge in [0, 0.05) is 17.1 Å². The van der Waals surface area contributed by atoms with Gasteiger partial charge in [0.2, 0.25) is 0 Å². The van der Waals surface area contributed by atoms with Gasteiger partial charge in [-0.05, 0) is 42.9 Å². The van der Waals surface area contributed by atoms with Gasteiger partial charge in [-0.25, -0.2) is 0 Å². The maximum Gasteiger partial charge on any atom is 0.309 e. The maximum absolute atomic E-state index is 12.7. The number of nitrogens with one attached hydrogen (secondary N) is 1. The third-order valence-electron chi connectivity index (χ3n) is 6.05. The van der Waals surface area contributed by atoms with Gasteiger partial charge in [-0.15, -0.1) is 0 Å². The number of fused-ring (bicyclic) bond motifs is 3. The molecule has 0 bridgehead atoms. The second kappa shape index (κ2) is 10.2. The Morgan fingerprint density at radius 1 is 1.16 bits per heavy atom. The second-order valence-corrected chi connectivity index (χ2v) is 8.76. The summed E-state index contributed by atoms with van der Waals surface area (Å²) in [7, 11) is 0. The van der Waals surface area contributed by atoms with E-state index in [0.717, 1.165) is 41.5 Å². The summed E-state index contributed by atoms with van der Waals surface area (Å²) in [5.74, 6) is 0.537. The number of carbonyl (C=O) groups excluding carboxylic acids is 1. The molecule has 1 unspecified atom stereocenters. The Hall–Kier alpha value is -2.46. The Labute approximate surface area is 188 Å². The summed E-state index contributed by atoms with van der Waals surface area (Å²) in [6.07, 6.45) is 6.94. The lowest BCUT2D eigenvalue weighted by Crippen LogP contribution is -2.24. The number of aromatic nitrogens is 1. The van der Waals surface area contributed by atoms with E-state index in [4.69, 9.17) is 21.1 Å². The summed E-state index contributed by atoms with van der Waals surface area (Å²) in [4.78, 5) is 16.2. The molecule has 1 atom stereocenters. The zero-order valence-electron chi connectivity index (χ0n) is 18.1. The first kappa shape index (κ1) is 21.8. The van der Waals surface area contributed by atoms with Crippen LogP contribution in [0.25, 0.3) is 10.9 Å². The average molecular weight is 440 g/mol. The normalized spacial score (nSPS) is 15.6. The Bertz CT molecular complexity index is 1030. The number of halogens is 1. The van der Waals surface area contributed by atoms with Crippen molar-refractivity contribution in [3.05, 3.63) is 64.3 Å². The van der Waals surface area contributed by atoms with Gasteiger partial charge in [0.05, 0.1) is 23.1 Å². The minimum absolute atomic E-state index is 0.127. The number of unbranched alkanes of at least 4 members (excludes halogenated alkanes) is 3. The van der Waals surface area contributed by atoms with Crippen LogP contribution >= 0.6 is 11.6 Å². The fourth-order valence-electron chi connectivity index (χ4n) is 4.30. The van der Waals surface area contributed by atoms with Crippen LogP contribution in [0.3, 0.4) is 0 Å². The standard InChI is InChI=1S/C26H30ClNO3/c1-2-3-4-8-13-30-20-15-22-21-14-19(11-12-24(21)28-25(22)23(27)16-20)26(29)31-17-18-9-6-5-7-10-18/h5-7,9-10,15-16,19,28H,2-4,8,11-14,17H2,1H3. The molecule has 3 aromatic rings. The molecule has 5 heteroatoms. The maximum atomic E-state index is 12.7. The van der Waals surface area contributed by atoms with Gasteiger partial charge in [-0.3, -0.25) is 4.79 Å². The van der Waals surface area contributed by atoms with Gasteiger partial charge in [-0.1, -0.05) is 68.1 Å². The van der Waals surface area contributed by atoms with Gasteiger partial charge in [0.25, 0.3) is 0 Å². The Kier molecular flexibility index (Phi) is 7.18. The summed E-state index contributed by atoms with van der Waals surface area (Å²) in [5, 5.41) is 1.73. The number of ether oxygens (including phenoxy) is 2. The van der Waals surface area contributed by atoms with Crippen molar-refractivity contribution >= 4 is 28.5 Å². The lowest BCUT2D eigenvalue weighted by atomic mass is 9.86. The molecule has 1 aromatic heterocycles. The fraction of sp³-hybridized carbons (Fsp3) is 0.423. The number of carbonyl (C=O) groups is 1. The first-order valence-corrected chi connectivity index (χ1v) is 11.7. The molecule has 0 saturated carbocycles. The van der Waals surface area contributed by atoms with E-state index < -0.39 is 0 Å². The van der Waals surface area contributed by atoms with Crippen molar-refractivity contribution in [3.8, 4) is 5.75 Å². The van der Waals surface area contributed by atoms with Crippen LogP contribution in [0.4, 0.5) is 0 Å². The van der Waals surface area contributed by atoms with E-state index in [1.165, 1.54) is 30.5 Å². The molecular weight excluding hydrogens is 410 g/mol. The molecule has 164 valence electrons. The third kappa shape index (κ3) is 5.24. The fourth-order valence-corrected chi connectivity index (χ4v) is 4.56. The van der Waals surface area contributed by atoms with Crippen molar-refractivity contribution in [2.75, 3.05) is 6.61 Å². The zero-order valence-corrected chi connectivity index (χ0v) is 18.8. The molecule has 0 fully saturated rings. The Morgan fingerprint density at radius 3 is 2.81 bits per heavy atom. The van der Waals surface area contributed by atoms with E-state index in [-0.39, 0.29) is 11.9 Å². The van der Waals surface area contributed by atoms with E-state index in [0.29, 0.717) is 24.7 Å². The SMILES string of the molecule is CCCCCCOc1cc(Cl)c2[nH]c3c(c2c1)CC(C(=O)OCc1ccccc1)CC3. The predicted octanol–water partition coefficient (Wildman–Crippen LogP) is 6.63. The number of esters is 1. The number of hydrogen-bond acceptors (Lipinski definition) is 3. The van der Waals surface area contributed by atoms with E-state index in [1.807, 2.05) is 36.4 Å². The van der Waals surface area contributed by atoms with Gasteiger partial charge < -0.3 is 14.5 Å². The monoisotopic (exact) mass is 439 g/mol. The number of benzene rings is 2. The summed E-state index contributed by atoms with van der Waals surface area (Å²) in [5.41, 5.74) is 4.28. The average Bonchev–Trinajstić information content (AvgIpc) is 3.16.